The summed E-state index contributed by atoms with van der Waals surface area (Å²) in [6, 6.07) is 8.67. The fraction of sp³-hybridized carbons (Fsp3) is 0.235. The van der Waals surface area contributed by atoms with Crippen molar-refractivity contribution in [1.82, 2.24) is 0 Å². The van der Waals surface area contributed by atoms with Gasteiger partial charge in [-0.15, -0.1) is 0 Å². The summed E-state index contributed by atoms with van der Waals surface area (Å²) in [6.07, 6.45) is 0.954. The lowest BCUT2D eigenvalue weighted by Gasteiger charge is -2.26. The lowest BCUT2D eigenvalue weighted by molar-refractivity contribution is -0.118. The van der Waals surface area contributed by atoms with Crippen molar-refractivity contribution < 1.29 is 17.6 Å². The number of aryl methyl sites for hydroxylation is 2. The number of benzene rings is 2. The summed E-state index contributed by atoms with van der Waals surface area (Å²) < 4.78 is 40.9. The molecule has 1 aliphatic rings. The number of nitrogens with zero attached hydrogens (tertiary/aromatic N) is 1. The lowest BCUT2D eigenvalue weighted by atomic mass is 10.0. The van der Waals surface area contributed by atoms with Gasteiger partial charge >= 0.3 is 0 Å². The predicted molar refractivity (Wildman–Crippen MR) is 90.1 cm³/mol. The number of hydrogen-bond donors (Lipinski definition) is 1. The quantitative estimate of drug-likeness (QED) is 0.927. The van der Waals surface area contributed by atoms with Gasteiger partial charge in [0.15, 0.2) is 0 Å². The molecule has 2 aromatic carbocycles. The first-order chi connectivity index (χ1) is 11.3. The Morgan fingerprint density at radius 2 is 1.88 bits per heavy atom. The van der Waals surface area contributed by atoms with Crippen LogP contribution in [0.5, 0.6) is 0 Å². The van der Waals surface area contributed by atoms with Crippen molar-refractivity contribution in [2.24, 2.45) is 0 Å². The number of carbonyl (C=O) groups is 1. The van der Waals surface area contributed by atoms with Crippen LogP contribution in [0.4, 0.5) is 15.8 Å². The highest BCUT2D eigenvalue weighted by Crippen LogP contribution is 2.30. The van der Waals surface area contributed by atoms with E-state index < -0.39 is 15.8 Å². The third-order valence-corrected chi connectivity index (χ3v) is 5.64. The van der Waals surface area contributed by atoms with Crippen LogP contribution in [0.3, 0.4) is 0 Å². The van der Waals surface area contributed by atoms with E-state index in [9.17, 15) is 17.6 Å². The Kier molecular flexibility index (Phi) is 4.04. The zero-order valence-electron chi connectivity index (χ0n) is 13.3. The summed E-state index contributed by atoms with van der Waals surface area (Å²) in [6.45, 7) is 1.61. The van der Waals surface area contributed by atoms with Gasteiger partial charge in [0.25, 0.3) is 10.0 Å². The fourth-order valence-corrected chi connectivity index (χ4v) is 4.10. The summed E-state index contributed by atoms with van der Waals surface area (Å²) in [5, 5.41) is 0. The molecule has 3 rings (SSSR count). The topological polar surface area (TPSA) is 66.5 Å². The Hall–Kier alpha value is -2.41. The molecule has 1 amide bonds. The molecule has 0 atom stereocenters. The Bertz CT molecular complexity index is 925. The van der Waals surface area contributed by atoms with Gasteiger partial charge in [0.05, 0.1) is 4.90 Å². The van der Waals surface area contributed by atoms with Crippen LogP contribution >= 0.6 is 0 Å². The van der Waals surface area contributed by atoms with Crippen molar-refractivity contribution >= 4 is 27.3 Å². The molecule has 0 fully saturated rings. The minimum absolute atomic E-state index is 0.0335. The van der Waals surface area contributed by atoms with E-state index in [1.807, 2.05) is 0 Å². The van der Waals surface area contributed by atoms with E-state index in [4.69, 9.17) is 0 Å². The molecule has 1 heterocycles. The van der Waals surface area contributed by atoms with Crippen molar-refractivity contribution in [2.45, 2.75) is 24.7 Å². The molecule has 1 aliphatic heterocycles. The van der Waals surface area contributed by atoms with Crippen LogP contribution in [-0.4, -0.2) is 21.4 Å². The zero-order valence-corrected chi connectivity index (χ0v) is 14.2. The highest BCUT2D eigenvalue weighted by molar-refractivity contribution is 7.92. The first kappa shape index (κ1) is 16.4. The van der Waals surface area contributed by atoms with E-state index >= 15 is 0 Å². The summed E-state index contributed by atoms with van der Waals surface area (Å²) in [4.78, 5) is 13.2. The maximum Gasteiger partial charge on any atom is 0.262 e. The molecule has 5 nitrogen and oxygen atoms in total. The molecule has 7 heteroatoms. The number of nitrogens with one attached hydrogen (secondary N) is 1. The van der Waals surface area contributed by atoms with Crippen LogP contribution in [0.1, 0.15) is 17.5 Å². The molecule has 0 aromatic heterocycles. The maximum absolute atomic E-state index is 13.4. The standard InChI is InChI=1S/C17H17FN2O3S/c1-11-3-5-13(18)10-16(11)24(22,23)19-14-6-7-15-12(9-14)4-8-17(21)20(15)2/h3,5-7,9-10,19H,4,8H2,1-2H3. The first-order valence-electron chi connectivity index (χ1n) is 7.46. The highest BCUT2D eigenvalue weighted by Gasteiger charge is 2.22. The molecule has 0 saturated heterocycles. The second kappa shape index (κ2) is 5.90. The minimum Gasteiger partial charge on any atom is -0.315 e. The van der Waals surface area contributed by atoms with Gasteiger partial charge in [-0.3, -0.25) is 9.52 Å². The third-order valence-electron chi connectivity index (χ3n) is 4.12. The smallest absolute Gasteiger partial charge is 0.262 e. The lowest BCUT2D eigenvalue weighted by Crippen LogP contribution is -2.31. The van der Waals surface area contributed by atoms with Crippen LogP contribution in [-0.2, 0) is 21.2 Å². The molecule has 126 valence electrons. The average molecular weight is 348 g/mol. The Balaban J connectivity index is 1.94. The number of amides is 1. The molecule has 1 N–H and O–H groups in total. The molecule has 0 aliphatic carbocycles. The molecular weight excluding hydrogens is 331 g/mol. The second-order valence-electron chi connectivity index (χ2n) is 5.81. The van der Waals surface area contributed by atoms with Crippen LogP contribution in [0.2, 0.25) is 0 Å². The molecule has 0 radical (unpaired) electrons. The Labute approximate surface area is 140 Å². The highest BCUT2D eigenvalue weighted by atomic mass is 32.2. The van der Waals surface area contributed by atoms with Crippen molar-refractivity contribution in [2.75, 3.05) is 16.7 Å². The molecule has 0 saturated carbocycles. The van der Waals surface area contributed by atoms with E-state index in [0.717, 1.165) is 17.3 Å². The number of carbonyl (C=O) groups excluding carboxylic acids is 1. The van der Waals surface area contributed by atoms with E-state index in [0.29, 0.717) is 24.1 Å². The number of sulfonamides is 1. The van der Waals surface area contributed by atoms with Gasteiger partial charge in [-0.1, -0.05) is 6.07 Å². The van der Waals surface area contributed by atoms with E-state index in [-0.39, 0.29) is 10.8 Å². The van der Waals surface area contributed by atoms with Crippen molar-refractivity contribution in [1.29, 1.82) is 0 Å². The van der Waals surface area contributed by atoms with Crippen molar-refractivity contribution in [3.05, 3.63) is 53.3 Å². The third kappa shape index (κ3) is 2.99. The largest absolute Gasteiger partial charge is 0.315 e. The van der Waals surface area contributed by atoms with Gasteiger partial charge in [-0.25, -0.2) is 12.8 Å². The normalized spacial score (nSPS) is 14.5. The first-order valence-corrected chi connectivity index (χ1v) is 8.95. The van der Waals surface area contributed by atoms with Crippen LogP contribution in [0, 0.1) is 12.7 Å². The van der Waals surface area contributed by atoms with Gasteiger partial charge in [0.2, 0.25) is 5.91 Å². The Morgan fingerprint density at radius 1 is 1.12 bits per heavy atom. The van der Waals surface area contributed by atoms with Gasteiger partial charge < -0.3 is 4.90 Å². The average Bonchev–Trinajstić information content (AvgIpc) is 2.53. The van der Waals surface area contributed by atoms with Crippen molar-refractivity contribution in [3.8, 4) is 0 Å². The minimum atomic E-state index is -3.89. The molecule has 0 bridgehead atoms. The zero-order chi connectivity index (χ0) is 17.5. The number of rotatable bonds is 3. The van der Waals surface area contributed by atoms with E-state index in [1.165, 1.54) is 12.1 Å². The fourth-order valence-electron chi connectivity index (χ4n) is 2.79. The van der Waals surface area contributed by atoms with E-state index in [2.05, 4.69) is 4.72 Å². The number of anilines is 2. The van der Waals surface area contributed by atoms with Crippen molar-refractivity contribution in [3.63, 3.8) is 0 Å². The molecule has 0 unspecified atom stereocenters. The maximum atomic E-state index is 13.4. The van der Waals surface area contributed by atoms with Gasteiger partial charge in [0.1, 0.15) is 5.82 Å². The summed E-state index contributed by atoms with van der Waals surface area (Å²) >= 11 is 0. The predicted octanol–water partition coefficient (Wildman–Crippen LogP) is 2.84. The molecule has 0 spiro atoms. The summed E-state index contributed by atoms with van der Waals surface area (Å²) in [5.41, 5.74) is 2.52. The SMILES string of the molecule is Cc1ccc(F)cc1S(=O)(=O)Nc1ccc2c(c1)CCC(=O)N2C. The van der Waals surface area contributed by atoms with Crippen LogP contribution in [0.15, 0.2) is 41.3 Å². The molecule has 24 heavy (non-hydrogen) atoms. The summed E-state index contributed by atoms with van der Waals surface area (Å²) in [5.74, 6) is -0.572. The van der Waals surface area contributed by atoms with E-state index in [1.54, 1.807) is 37.1 Å². The summed E-state index contributed by atoms with van der Waals surface area (Å²) in [7, 11) is -2.19. The van der Waals surface area contributed by atoms with Gasteiger partial charge in [0, 0.05) is 24.8 Å². The van der Waals surface area contributed by atoms with Crippen LogP contribution in [0.25, 0.3) is 0 Å². The monoisotopic (exact) mass is 348 g/mol. The molecule has 2 aromatic rings. The Morgan fingerprint density at radius 3 is 2.62 bits per heavy atom. The number of hydrogen-bond acceptors (Lipinski definition) is 3. The number of fused-ring (bicyclic) bond motifs is 1. The number of halogens is 1. The van der Waals surface area contributed by atoms with Crippen LogP contribution < -0.4 is 9.62 Å². The molecular formula is C17H17FN2O3S. The second-order valence-corrected chi connectivity index (χ2v) is 7.46. The van der Waals surface area contributed by atoms with Gasteiger partial charge in [-0.2, -0.15) is 0 Å². The van der Waals surface area contributed by atoms with Gasteiger partial charge in [-0.05, 0) is 54.8 Å².